The second-order valence-electron chi connectivity index (χ2n) is 13.0. The molecule has 0 fully saturated rings. The Morgan fingerprint density at radius 2 is 0.759 bits per heavy atom. The molecule has 6 nitrogen and oxygen atoms in total. The smallest absolute Gasteiger partial charge is 0.221 e. The van der Waals surface area contributed by atoms with Gasteiger partial charge in [0, 0.05) is 0 Å². The fourth-order valence-electron chi connectivity index (χ4n) is 4.16. The van der Waals surface area contributed by atoms with Gasteiger partial charge in [0.15, 0.2) is 0 Å². The van der Waals surface area contributed by atoms with Crippen LogP contribution >= 0.6 is 0 Å². The van der Waals surface area contributed by atoms with E-state index < -0.39 is 41.2 Å². The molecule has 0 aromatic carbocycles. The van der Waals surface area contributed by atoms with Gasteiger partial charge in [0.1, 0.15) is 41.2 Å². The van der Waals surface area contributed by atoms with Crippen LogP contribution in [0.2, 0.25) is 98.2 Å². The third kappa shape index (κ3) is 7.60. The molecule has 29 heavy (non-hydrogen) atoms. The van der Waals surface area contributed by atoms with E-state index >= 15 is 0 Å². The monoisotopic (exact) mass is 486 g/mol. The zero-order valence-electron chi connectivity index (χ0n) is 21.7. The maximum Gasteiger partial charge on any atom is 0.221 e. The number of nitrogens with zero attached hydrogens (tertiary/aromatic N) is 5. The molecule has 1 N–H and O–H groups in total. The van der Waals surface area contributed by atoms with Crippen LogP contribution in [0.25, 0.3) is 0 Å². The van der Waals surface area contributed by atoms with Crippen LogP contribution in [-0.2, 0) is 0 Å². The number of hydrogen-bond donors (Lipinski definition) is 1. The van der Waals surface area contributed by atoms with Gasteiger partial charge >= 0.3 is 0 Å². The molecule has 1 heterocycles. The molecule has 1 aromatic heterocycles. The van der Waals surface area contributed by atoms with E-state index in [4.69, 9.17) is 15.0 Å². The fourth-order valence-corrected chi connectivity index (χ4v) is 23.8. The average molecular weight is 487 g/mol. The molecule has 1 aromatic rings. The first-order valence-corrected chi connectivity index (χ1v) is 28.0. The largest absolute Gasteiger partial charge is 0.394 e. The van der Waals surface area contributed by atoms with Gasteiger partial charge in [-0.1, -0.05) is 98.2 Å². The van der Waals surface area contributed by atoms with Crippen LogP contribution in [0.5, 0.6) is 0 Å². The van der Waals surface area contributed by atoms with E-state index in [9.17, 15) is 0 Å². The Morgan fingerprint density at radius 3 is 0.966 bits per heavy atom. The first-order valence-electron chi connectivity index (χ1n) is 10.7. The first kappa shape index (κ1) is 26.5. The molecular formula is C18H46N6Si5. The minimum absolute atomic E-state index is 0.757. The van der Waals surface area contributed by atoms with Crippen molar-refractivity contribution in [2.75, 3.05) is 13.4 Å². The van der Waals surface area contributed by atoms with Crippen molar-refractivity contribution in [1.82, 2.24) is 15.0 Å². The molecule has 0 spiro atoms. The molecular weight excluding hydrogens is 441 g/mol. The lowest BCUT2D eigenvalue weighted by Crippen LogP contribution is -2.62. The highest BCUT2D eigenvalue weighted by Crippen LogP contribution is 2.31. The number of hydrogen-bond acceptors (Lipinski definition) is 6. The molecule has 0 amide bonds. The zero-order chi connectivity index (χ0) is 23.2. The van der Waals surface area contributed by atoms with E-state index in [0.29, 0.717) is 0 Å². The van der Waals surface area contributed by atoms with Crippen LogP contribution in [0, 0.1) is 0 Å². The van der Waals surface area contributed by atoms with Crippen molar-refractivity contribution in [3.05, 3.63) is 0 Å². The van der Waals surface area contributed by atoms with Gasteiger partial charge in [-0.3, -0.25) is 0 Å². The Balaban J connectivity index is 3.84. The summed E-state index contributed by atoms with van der Waals surface area (Å²) in [5, 5.41) is 0. The van der Waals surface area contributed by atoms with Crippen molar-refractivity contribution in [3.8, 4) is 0 Å². The topological polar surface area (TPSA) is 57.2 Å². The van der Waals surface area contributed by atoms with E-state index in [0.717, 1.165) is 17.8 Å². The van der Waals surface area contributed by atoms with Crippen LogP contribution in [0.3, 0.4) is 0 Å². The van der Waals surface area contributed by atoms with Gasteiger partial charge in [0.05, 0.1) is 0 Å². The SMILES string of the molecule is C[Si](C)(C)Nc1nc(N([Si](C)(C)C)[Si](C)(C)C)nc(N([Si](C)(C)C)[Si](C)(C)C)n1. The minimum Gasteiger partial charge on any atom is -0.394 e. The van der Waals surface area contributed by atoms with Gasteiger partial charge in [0.2, 0.25) is 17.8 Å². The molecule has 11 heteroatoms. The summed E-state index contributed by atoms with van der Waals surface area (Å²) in [5.74, 6) is 2.53. The number of rotatable bonds is 8. The zero-order valence-corrected chi connectivity index (χ0v) is 26.7. The summed E-state index contributed by atoms with van der Waals surface area (Å²) < 4.78 is 5.21. The van der Waals surface area contributed by atoms with Crippen molar-refractivity contribution < 1.29 is 0 Å². The molecule has 0 radical (unpaired) electrons. The van der Waals surface area contributed by atoms with Gasteiger partial charge in [-0.2, -0.15) is 15.0 Å². The molecule has 168 valence electrons. The lowest BCUT2D eigenvalue weighted by atomic mass is 10.8. The van der Waals surface area contributed by atoms with Gasteiger partial charge < -0.3 is 13.4 Å². The third-order valence-electron chi connectivity index (χ3n) is 4.18. The average Bonchev–Trinajstić information content (AvgIpc) is 2.27. The quantitative estimate of drug-likeness (QED) is 0.450. The van der Waals surface area contributed by atoms with Crippen LogP contribution in [0.15, 0.2) is 0 Å². The van der Waals surface area contributed by atoms with Gasteiger partial charge in [0.25, 0.3) is 0 Å². The molecule has 0 bridgehead atoms. The van der Waals surface area contributed by atoms with Gasteiger partial charge in [-0.25, -0.2) is 0 Å². The number of nitrogens with one attached hydrogen (secondary N) is 1. The summed E-state index contributed by atoms with van der Waals surface area (Å²) in [7, 11) is -8.25. The Morgan fingerprint density at radius 1 is 0.483 bits per heavy atom. The second kappa shape index (κ2) is 8.21. The van der Waals surface area contributed by atoms with Crippen molar-refractivity contribution in [3.63, 3.8) is 0 Å². The molecule has 0 saturated heterocycles. The van der Waals surface area contributed by atoms with Crippen molar-refractivity contribution in [1.29, 1.82) is 0 Å². The summed E-state index contributed by atoms with van der Waals surface area (Å²) >= 11 is 0. The Hall–Kier alpha value is -0.506. The van der Waals surface area contributed by atoms with Gasteiger partial charge in [-0.05, 0) is 0 Å². The normalized spacial score (nSPS) is 14.0. The summed E-state index contributed by atoms with van der Waals surface area (Å²) in [6.45, 7) is 35.6. The Kier molecular flexibility index (Phi) is 7.51. The molecule has 0 aliphatic carbocycles. The molecule has 0 aliphatic rings. The Bertz CT molecular complexity index is 630. The van der Waals surface area contributed by atoms with Crippen LogP contribution in [0.4, 0.5) is 17.8 Å². The highest BCUT2D eigenvalue weighted by Gasteiger charge is 2.40. The van der Waals surface area contributed by atoms with E-state index in [2.05, 4.69) is 112 Å². The van der Waals surface area contributed by atoms with E-state index in [-0.39, 0.29) is 0 Å². The first-order chi connectivity index (χ1) is 12.5. The second-order valence-corrected chi connectivity index (χ2v) is 37.8. The predicted molar refractivity (Wildman–Crippen MR) is 145 cm³/mol. The summed E-state index contributed by atoms with van der Waals surface area (Å²) in [4.78, 5) is 18.8. The van der Waals surface area contributed by atoms with Crippen LogP contribution < -0.4 is 13.4 Å². The predicted octanol–water partition coefficient (Wildman–Crippen LogP) is 6.07. The van der Waals surface area contributed by atoms with E-state index in [1.54, 1.807) is 0 Å². The maximum atomic E-state index is 5.17. The summed E-state index contributed by atoms with van der Waals surface area (Å²) in [5.41, 5.74) is 0. The van der Waals surface area contributed by atoms with Crippen molar-refractivity contribution >= 4 is 59.0 Å². The molecule has 0 unspecified atom stereocenters. The number of anilines is 3. The molecule has 0 aliphatic heterocycles. The molecule has 1 rings (SSSR count). The number of aromatic nitrogens is 3. The maximum absolute atomic E-state index is 5.17. The highest BCUT2D eigenvalue weighted by molar-refractivity contribution is 7.00. The van der Waals surface area contributed by atoms with E-state index in [1.165, 1.54) is 0 Å². The fraction of sp³-hybridized carbons (Fsp3) is 0.833. The lowest BCUT2D eigenvalue weighted by molar-refractivity contribution is 1.02. The van der Waals surface area contributed by atoms with Crippen molar-refractivity contribution in [2.24, 2.45) is 0 Å². The standard InChI is InChI=1S/C18H46N6Si5/c1-25(2,3)22-16-19-17(23(26(4,5)6)27(7,8)9)21-18(20-16)24(28(10,11)12)29(13,14)15/h1-15H3,(H,19,20,21,22). The van der Waals surface area contributed by atoms with Crippen LogP contribution in [-0.4, -0.2) is 56.1 Å². The highest BCUT2D eigenvalue weighted by atomic mass is 28.4. The van der Waals surface area contributed by atoms with Crippen molar-refractivity contribution in [2.45, 2.75) is 98.2 Å². The molecule has 0 saturated carbocycles. The minimum atomic E-state index is -1.66. The summed E-state index contributed by atoms with van der Waals surface area (Å²) in [6.07, 6.45) is 0. The summed E-state index contributed by atoms with van der Waals surface area (Å²) in [6, 6.07) is 0. The van der Waals surface area contributed by atoms with Gasteiger partial charge in [-0.15, -0.1) is 0 Å². The molecule has 0 atom stereocenters. The third-order valence-corrected chi connectivity index (χ3v) is 19.4. The van der Waals surface area contributed by atoms with Crippen LogP contribution in [0.1, 0.15) is 0 Å². The van der Waals surface area contributed by atoms with E-state index in [1.807, 2.05) is 0 Å². The lowest BCUT2D eigenvalue weighted by Gasteiger charge is -2.46. The Labute approximate surface area is 185 Å².